The fourth-order valence-corrected chi connectivity index (χ4v) is 3.48. The summed E-state index contributed by atoms with van der Waals surface area (Å²) in [7, 11) is 0. The highest BCUT2D eigenvalue weighted by atomic mass is 16.5. The number of aromatic nitrogens is 1. The summed E-state index contributed by atoms with van der Waals surface area (Å²) in [6.07, 6.45) is 2.31. The molecule has 3 N–H and O–H groups in total. The Morgan fingerprint density at radius 2 is 1.69 bits per heavy atom. The fraction of sp³-hybridized carbons (Fsp3) is 0.385. The lowest BCUT2D eigenvalue weighted by atomic mass is 10.0. The number of H-pyrrole nitrogens is 1. The predicted octanol–water partition coefficient (Wildman–Crippen LogP) is 4.17. The van der Waals surface area contributed by atoms with Gasteiger partial charge in [-0.25, -0.2) is 0 Å². The quantitative estimate of drug-likeness (QED) is 0.418. The molecular formula is C26H33N3O3. The van der Waals surface area contributed by atoms with E-state index in [9.17, 15) is 9.59 Å². The van der Waals surface area contributed by atoms with Crippen molar-refractivity contribution in [1.29, 1.82) is 0 Å². The van der Waals surface area contributed by atoms with Crippen LogP contribution in [0.25, 0.3) is 10.9 Å². The number of hydrogen-bond acceptors (Lipinski definition) is 3. The molecule has 1 atom stereocenters. The van der Waals surface area contributed by atoms with Gasteiger partial charge in [0.25, 0.3) is 0 Å². The van der Waals surface area contributed by atoms with Gasteiger partial charge in [0.05, 0.1) is 6.54 Å². The molecule has 0 spiro atoms. The second-order valence-electron chi connectivity index (χ2n) is 8.64. The Hall–Kier alpha value is -3.28. The average Bonchev–Trinajstić information content (AvgIpc) is 3.19. The maximum atomic E-state index is 12.9. The van der Waals surface area contributed by atoms with Crippen LogP contribution < -0.4 is 15.4 Å². The number of carbonyl (C=O) groups excluding carboxylic acids is 2. The molecule has 2 amide bonds. The van der Waals surface area contributed by atoms with Gasteiger partial charge in [-0.05, 0) is 35.2 Å². The van der Waals surface area contributed by atoms with Gasteiger partial charge in [-0.3, -0.25) is 9.59 Å². The lowest BCUT2D eigenvalue weighted by molar-refractivity contribution is -0.130. The first-order valence-electron chi connectivity index (χ1n) is 11.2. The number of aromatic amines is 1. The van der Waals surface area contributed by atoms with Crippen molar-refractivity contribution in [3.8, 4) is 5.75 Å². The Morgan fingerprint density at radius 1 is 0.969 bits per heavy atom. The molecule has 6 nitrogen and oxygen atoms in total. The Labute approximate surface area is 189 Å². The highest BCUT2D eigenvalue weighted by Gasteiger charge is 2.23. The molecule has 2 aromatic carbocycles. The van der Waals surface area contributed by atoms with Crippen LogP contribution in [0, 0.1) is 5.92 Å². The molecular weight excluding hydrogens is 402 g/mol. The van der Waals surface area contributed by atoms with E-state index < -0.39 is 6.04 Å². The minimum atomic E-state index is -0.658. The summed E-state index contributed by atoms with van der Waals surface area (Å²) in [4.78, 5) is 28.4. The standard InChI is InChI=1S/C26H33N3O3/c1-17(2)19-9-11-21(12-10-19)32-14-13-27-26(31)24(29-25(30)18(3)4)15-20-16-28-23-8-6-5-7-22(20)23/h5-12,16-18,24,28H,13-15H2,1-4H3,(H,27,31)(H,29,30). The van der Waals surface area contributed by atoms with Crippen molar-refractivity contribution in [2.45, 2.75) is 46.1 Å². The molecule has 0 saturated heterocycles. The van der Waals surface area contributed by atoms with Crippen molar-refractivity contribution in [1.82, 2.24) is 15.6 Å². The zero-order chi connectivity index (χ0) is 23.1. The number of ether oxygens (including phenoxy) is 1. The molecule has 0 fully saturated rings. The molecule has 6 heteroatoms. The number of para-hydroxylation sites is 1. The average molecular weight is 436 g/mol. The molecule has 0 aliphatic rings. The summed E-state index contributed by atoms with van der Waals surface area (Å²) in [5.41, 5.74) is 3.26. The molecule has 0 aliphatic carbocycles. The van der Waals surface area contributed by atoms with Gasteiger partial charge in [0.2, 0.25) is 11.8 Å². The third-order valence-electron chi connectivity index (χ3n) is 5.47. The van der Waals surface area contributed by atoms with E-state index in [0.717, 1.165) is 22.2 Å². The van der Waals surface area contributed by atoms with Crippen LogP contribution in [0.2, 0.25) is 0 Å². The van der Waals surface area contributed by atoms with Crippen molar-refractivity contribution < 1.29 is 14.3 Å². The molecule has 1 aromatic heterocycles. The van der Waals surface area contributed by atoms with Crippen LogP contribution in [0.5, 0.6) is 5.75 Å². The Bertz CT molecular complexity index is 1040. The van der Waals surface area contributed by atoms with E-state index in [-0.39, 0.29) is 17.7 Å². The van der Waals surface area contributed by atoms with Crippen LogP contribution in [0.4, 0.5) is 0 Å². The molecule has 0 saturated carbocycles. The summed E-state index contributed by atoms with van der Waals surface area (Å²) in [5, 5.41) is 6.84. The Balaban J connectivity index is 1.58. The molecule has 1 heterocycles. The maximum absolute atomic E-state index is 12.9. The zero-order valence-electron chi connectivity index (χ0n) is 19.3. The van der Waals surface area contributed by atoms with Gasteiger partial charge < -0.3 is 20.4 Å². The van der Waals surface area contributed by atoms with Crippen LogP contribution in [0.15, 0.2) is 54.7 Å². The van der Waals surface area contributed by atoms with Crippen molar-refractivity contribution >= 4 is 22.7 Å². The van der Waals surface area contributed by atoms with Gasteiger partial charge in [0, 0.05) is 29.4 Å². The second-order valence-corrected chi connectivity index (χ2v) is 8.64. The first-order valence-corrected chi connectivity index (χ1v) is 11.2. The first-order chi connectivity index (χ1) is 15.3. The second kappa shape index (κ2) is 10.8. The van der Waals surface area contributed by atoms with E-state index in [2.05, 4.69) is 41.6 Å². The number of carbonyl (C=O) groups is 2. The zero-order valence-corrected chi connectivity index (χ0v) is 19.3. The van der Waals surface area contributed by atoms with E-state index in [1.807, 2.05) is 56.4 Å². The van der Waals surface area contributed by atoms with Crippen molar-refractivity contribution in [2.24, 2.45) is 5.92 Å². The van der Waals surface area contributed by atoms with Crippen molar-refractivity contribution in [3.63, 3.8) is 0 Å². The molecule has 32 heavy (non-hydrogen) atoms. The number of rotatable bonds is 10. The number of benzene rings is 2. The van der Waals surface area contributed by atoms with E-state index in [0.29, 0.717) is 25.5 Å². The minimum absolute atomic E-state index is 0.147. The predicted molar refractivity (Wildman–Crippen MR) is 128 cm³/mol. The monoisotopic (exact) mass is 435 g/mol. The number of nitrogens with one attached hydrogen (secondary N) is 3. The largest absolute Gasteiger partial charge is 0.492 e. The van der Waals surface area contributed by atoms with Crippen molar-refractivity contribution in [3.05, 3.63) is 65.9 Å². The number of fused-ring (bicyclic) bond motifs is 1. The molecule has 0 radical (unpaired) electrons. The SMILES string of the molecule is CC(C)C(=O)NC(Cc1c[nH]c2ccccc12)C(=O)NCCOc1ccc(C(C)C)cc1. The van der Waals surface area contributed by atoms with Gasteiger partial charge in [0.1, 0.15) is 18.4 Å². The summed E-state index contributed by atoms with van der Waals surface area (Å²) in [6, 6.07) is 15.3. The lowest BCUT2D eigenvalue weighted by Gasteiger charge is -2.20. The van der Waals surface area contributed by atoms with Crippen molar-refractivity contribution in [2.75, 3.05) is 13.2 Å². The minimum Gasteiger partial charge on any atom is -0.492 e. The maximum Gasteiger partial charge on any atom is 0.243 e. The molecule has 3 rings (SSSR count). The normalized spacial score (nSPS) is 12.2. The van der Waals surface area contributed by atoms with E-state index in [1.54, 1.807) is 0 Å². The molecule has 0 bridgehead atoms. The number of amides is 2. The van der Waals surface area contributed by atoms with Crippen LogP contribution in [0.1, 0.15) is 44.7 Å². The van der Waals surface area contributed by atoms with E-state index >= 15 is 0 Å². The fourth-order valence-electron chi connectivity index (χ4n) is 3.48. The molecule has 3 aromatic rings. The third kappa shape index (κ3) is 6.13. The summed E-state index contributed by atoms with van der Waals surface area (Å²) >= 11 is 0. The van der Waals surface area contributed by atoms with Crippen LogP contribution in [-0.4, -0.2) is 36.0 Å². The van der Waals surface area contributed by atoms with Gasteiger partial charge in [-0.2, -0.15) is 0 Å². The summed E-state index contributed by atoms with van der Waals surface area (Å²) < 4.78 is 5.75. The Morgan fingerprint density at radius 3 is 2.38 bits per heavy atom. The topological polar surface area (TPSA) is 83.2 Å². The van der Waals surface area contributed by atoms with Gasteiger partial charge in [-0.15, -0.1) is 0 Å². The summed E-state index contributed by atoms with van der Waals surface area (Å²) in [5.74, 6) is 0.672. The first kappa shape index (κ1) is 23.4. The van der Waals surface area contributed by atoms with Gasteiger partial charge in [0.15, 0.2) is 0 Å². The van der Waals surface area contributed by atoms with E-state index in [1.165, 1.54) is 5.56 Å². The summed E-state index contributed by atoms with van der Waals surface area (Å²) in [6.45, 7) is 8.63. The molecule has 1 unspecified atom stereocenters. The van der Waals surface area contributed by atoms with Gasteiger partial charge in [-0.1, -0.05) is 58.0 Å². The third-order valence-corrected chi connectivity index (χ3v) is 5.47. The van der Waals surface area contributed by atoms with Crippen LogP contribution in [0.3, 0.4) is 0 Å². The molecule has 170 valence electrons. The smallest absolute Gasteiger partial charge is 0.243 e. The van der Waals surface area contributed by atoms with E-state index in [4.69, 9.17) is 4.74 Å². The number of hydrogen-bond donors (Lipinski definition) is 3. The van der Waals surface area contributed by atoms with Crippen LogP contribution >= 0.6 is 0 Å². The molecule has 0 aliphatic heterocycles. The van der Waals surface area contributed by atoms with Gasteiger partial charge >= 0.3 is 0 Å². The highest BCUT2D eigenvalue weighted by molar-refractivity contribution is 5.90. The Kier molecular flexibility index (Phi) is 7.92. The van der Waals surface area contributed by atoms with Crippen LogP contribution in [-0.2, 0) is 16.0 Å². The lowest BCUT2D eigenvalue weighted by Crippen LogP contribution is -2.49. The highest BCUT2D eigenvalue weighted by Crippen LogP contribution is 2.20.